The predicted octanol–water partition coefficient (Wildman–Crippen LogP) is 6.89. The number of hydrogen-bond acceptors (Lipinski definition) is 4. The number of rotatable bonds is 14. The van der Waals surface area contributed by atoms with Gasteiger partial charge in [0.1, 0.15) is 11.3 Å². The van der Waals surface area contributed by atoms with Gasteiger partial charge >= 0.3 is 5.63 Å². The number of phenolic OH excluding ortho intramolecular Hbond substituents is 1. The van der Waals surface area contributed by atoms with Crippen molar-refractivity contribution in [3.05, 3.63) is 34.2 Å². The standard InChI is InChI=1S/C24H36O4/c1-3-4-5-6-7-8-9-10-11-12-13-14-18-27-23-19(2)22-20(25)16-15-17-21(22)28-24(23)26/h15-17,25H,3-14,18H2,1-2H3. The lowest BCUT2D eigenvalue weighted by Crippen LogP contribution is -2.10. The molecule has 1 heterocycles. The zero-order chi connectivity index (χ0) is 20.2. The molecule has 4 nitrogen and oxygen atoms in total. The second-order valence-electron chi connectivity index (χ2n) is 7.73. The van der Waals surface area contributed by atoms with Crippen LogP contribution < -0.4 is 10.4 Å². The summed E-state index contributed by atoms with van der Waals surface area (Å²) in [7, 11) is 0. The van der Waals surface area contributed by atoms with E-state index >= 15 is 0 Å². The number of fused-ring (bicyclic) bond motifs is 1. The molecule has 2 rings (SSSR count). The first-order chi connectivity index (χ1) is 13.6. The van der Waals surface area contributed by atoms with E-state index in [-0.39, 0.29) is 11.5 Å². The van der Waals surface area contributed by atoms with E-state index in [4.69, 9.17) is 9.15 Å². The predicted molar refractivity (Wildman–Crippen MR) is 115 cm³/mol. The van der Waals surface area contributed by atoms with Gasteiger partial charge in [-0.15, -0.1) is 0 Å². The Morgan fingerprint density at radius 2 is 1.46 bits per heavy atom. The largest absolute Gasteiger partial charge is 0.507 e. The number of benzene rings is 1. The highest BCUT2D eigenvalue weighted by Crippen LogP contribution is 2.30. The molecule has 1 aromatic carbocycles. The highest BCUT2D eigenvalue weighted by molar-refractivity contribution is 5.87. The summed E-state index contributed by atoms with van der Waals surface area (Å²) in [4.78, 5) is 12.1. The Morgan fingerprint density at radius 1 is 0.893 bits per heavy atom. The van der Waals surface area contributed by atoms with E-state index in [1.807, 2.05) is 0 Å². The fraction of sp³-hybridized carbons (Fsp3) is 0.625. The van der Waals surface area contributed by atoms with Crippen LogP contribution in [0.5, 0.6) is 11.5 Å². The lowest BCUT2D eigenvalue weighted by molar-refractivity contribution is 0.288. The summed E-state index contributed by atoms with van der Waals surface area (Å²) in [5.74, 6) is 0.325. The Hall–Kier alpha value is -1.97. The van der Waals surface area contributed by atoms with Crippen LogP contribution >= 0.6 is 0 Å². The first-order valence-corrected chi connectivity index (χ1v) is 11.0. The van der Waals surface area contributed by atoms with Crippen LogP contribution in [0.3, 0.4) is 0 Å². The molecule has 0 unspecified atom stereocenters. The molecule has 0 bridgehead atoms. The Balaban J connectivity index is 1.62. The van der Waals surface area contributed by atoms with E-state index in [9.17, 15) is 9.90 Å². The van der Waals surface area contributed by atoms with Crippen molar-refractivity contribution in [2.45, 2.75) is 90.9 Å². The molecule has 0 aliphatic heterocycles. The van der Waals surface area contributed by atoms with Gasteiger partial charge in [-0.3, -0.25) is 0 Å². The van der Waals surface area contributed by atoms with Crippen LogP contribution in [0.1, 0.15) is 89.5 Å². The van der Waals surface area contributed by atoms with E-state index < -0.39 is 5.63 Å². The summed E-state index contributed by atoms with van der Waals surface area (Å²) >= 11 is 0. The lowest BCUT2D eigenvalue weighted by atomic mass is 10.1. The monoisotopic (exact) mass is 388 g/mol. The summed E-state index contributed by atoms with van der Waals surface area (Å²) < 4.78 is 11.0. The van der Waals surface area contributed by atoms with Crippen LogP contribution in [0.4, 0.5) is 0 Å². The van der Waals surface area contributed by atoms with E-state index in [1.54, 1.807) is 25.1 Å². The van der Waals surface area contributed by atoms with Crippen molar-refractivity contribution in [3.63, 3.8) is 0 Å². The van der Waals surface area contributed by atoms with Crippen molar-refractivity contribution in [3.8, 4) is 11.5 Å². The van der Waals surface area contributed by atoms with Crippen LogP contribution in [0.15, 0.2) is 27.4 Å². The van der Waals surface area contributed by atoms with Crippen molar-refractivity contribution in [1.82, 2.24) is 0 Å². The molecule has 0 radical (unpaired) electrons. The molecule has 0 aliphatic carbocycles. The summed E-state index contributed by atoms with van der Waals surface area (Å²) in [5.41, 5.74) is 0.554. The van der Waals surface area contributed by atoms with Gasteiger partial charge in [0.15, 0.2) is 0 Å². The molecule has 28 heavy (non-hydrogen) atoms. The molecule has 1 aromatic heterocycles. The maximum atomic E-state index is 12.1. The van der Waals surface area contributed by atoms with E-state index in [0.717, 1.165) is 12.8 Å². The van der Waals surface area contributed by atoms with Crippen molar-refractivity contribution in [2.24, 2.45) is 0 Å². The van der Waals surface area contributed by atoms with Crippen LogP contribution in [0, 0.1) is 6.92 Å². The molecule has 0 aliphatic rings. The lowest BCUT2D eigenvalue weighted by Gasteiger charge is -2.10. The molecule has 0 atom stereocenters. The molecule has 1 N–H and O–H groups in total. The van der Waals surface area contributed by atoms with Gasteiger partial charge in [-0.2, -0.15) is 0 Å². The van der Waals surface area contributed by atoms with Crippen LogP contribution in [-0.2, 0) is 0 Å². The van der Waals surface area contributed by atoms with E-state index in [1.165, 1.54) is 64.2 Å². The van der Waals surface area contributed by atoms with Crippen LogP contribution in [-0.4, -0.2) is 11.7 Å². The van der Waals surface area contributed by atoms with Gasteiger partial charge in [0.25, 0.3) is 0 Å². The van der Waals surface area contributed by atoms with Crippen molar-refractivity contribution in [2.75, 3.05) is 6.61 Å². The third-order valence-electron chi connectivity index (χ3n) is 5.35. The highest BCUT2D eigenvalue weighted by Gasteiger charge is 2.15. The molecular formula is C24H36O4. The molecule has 0 spiro atoms. The average molecular weight is 389 g/mol. The SMILES string of the molecule is CCCCCCCCCCCCCCOc1c(C)c2c(O)cccc2oc1=O. The number of aryl methyl sites for hydroxylation is 1. The molecule has 4 heteroatoms. The first-order valence-electron chi connectivity index (χ1n) is 11.0. The van der Waals surface area contributed by atoms with Gasteiger partial charge in [-0.05, 0) is 25.5 Å². The molecule has 0 saturated carbocycles. The van der Waals surface area contributed by atoms with E-state index in [0.29, 0.717) is 23.1 Å². The Kier molecular flexibility index (Phi) is 9.95. The van der Waals surface area contributed by atoms with Gasteiger partial charge in [0, 0.05) is 5.56 Å². The summed E-state index contributed by atoms with van der Waals surface area (Å²) in [6.07, 6.45) is 15.4. The summed E-state index contributed by atoms with van der Waals surface area (Å²) in [6, 6.07) is 4.93. The van der Waals surface area contributed by atoms with Gasteiger partial charge in [0.05, 0.1) is 12.0 Å². The quantitative estimate of drug-likeness (QED) is 0.283. The minimum absolute atomic E-state index is 0.106. The molecular weight excluding hydrogens is 352 g/mol. The highest BCUT2D eigenvalue weighted by atomic mass is 16.5. The topological polar surface area (TPSA) is 59.7 Å². The number of hydrogen-bond donors (Lipinski definition) is 1. The third kappa shape index (κ3) is 6.88. The van der Waals surface area contributed by atoms with Gasteiger partial charge in [-0.25, -0.2) is 4.79 Å². The fourth-order valence-corrected chi connectivity index (χ4v) is 3.68. The zero-order valence-corrected chi connectivity index (χ0v) is 17.6. The average Bonchev–Trinajstić information content (AvgIpc) is 2.67. The van der Waals surface area contributed by atoms with Crippen LogP contribution in [0.25, 0.3) is 11.0 Å². The number of aromatic hydroxyl groups is 1. The van der Waals surface area contributed by atoms with E-state index in [2.05, 4.69) is 6.92 Å². The second-order valence-corrected chi connectivity index (χ2v) is 7.73. The number of unbranched alkanes of at least 4 members (excludes halogenated alkanes) is 11. The molecule has 156 valence electrons. The van der Waals surface area contributed by atoms with Gasteiger partial charge in [0.2, 0.25) is 5.75 Å². The van der Waals surface area contributed by atoms with Crippen molar-refractivity contribution < 1.29 is 14.3 Å². The maximum absolute atomic E-state index is 12.1. The molecule has 0 fully saturated rings. The summed E-state index contributed by atoms with van der Waals surface area (Å²) in [6.45, 7) is 4.55. The minimum Gasteiger partial charge on any atom is -0.507 e. The Morgan fingerprint density at radius 3 is 2.07 bits per heavy atom. The van der Waals surface area contributed by atoms with Gasteiger partial charge < -0.3 is 14.3 Å². The second kappa shape index (κ2) is 12.5. The molecule has 0 amide bonds. The minimum atomic E-state index is -0.477. The third-order valence-corrected chi connectivity index (χ3v) is 5.35. The maximum Gasteiger partial charge on any atom is 0.379 e. The normalized spacial score (nSPS) is 11.2. The number of phenols is 1. The molecule has 0 saturated heterocycles. The smallest absolute Gasteiger partial charge is 0.379 e. The Labute approximate surface area is 168 Å². The molecule has 2 aromatic rings. The zero-order valence-electron chi connectivity index (χ0n) is 17.6. The number of ether oxygens (including phenoxy) is 1. The van der Waals surface area contributed by atoms with Gasteiger partial charge in [-0.1, -0.05) is 83.6 Å². The summed E-state index contributed by atoms with van der Waals surface area (Å²) in [5, 5.41) is 10.6. The van der Waals surface area contributed by atoms with Crippen molar-refractivity contribution in [1.29, 1.82) is 0 Å². The fourth-order valence-electron chi connectivity index (χ4n) is 3.68. The Bertz CT molecular complexity index is 763. The van der Waals surface area contributed by atoms with Crippen LogP contribution in [0.2, 0.25) is 0 Å². The van der Waals surface area contributed by atoms with Crippen molar-refractivity contribution >= 4 is 11.0 Å². The first kappa shape index (κ1) is 22.3.